The smallest absolute Gasteiger partial charge is 0.338 e. The van der Waals surface area contributed by atoms with E-state index in [0.717, 1.165) is 0 Å². The first-order chi connectivity index (χ1) is 7.36. The Morgan fingerprint density at radius 3 is 2.56 bits per heavy atom. The number of hydrogen-bond acceptors (Lipinski definition) is 5. The Labute approximate surface area is 97.6 Å². The fourth-order valence-electron chi connectivity index (χ4n) is 1.11. The first-order valence-electron chi connectivity index (χ1n) is 4.37. The number of anilines is 1. The van der Waals surface area contributed by atoms with Gasteiger partial charge < -0.3 is 10.5 Å². The van der Waals surface area contributed by atoms with E-state index in [2.05, 4.69) is 0 Å². The Balaban J connectivity index is 3.14. The van der Waals surface area contributed by atoms with Crippen molar-refractivity contribution in [2.45, 2.75) is 11.8 Å². The minimum Gasteiger partial charge on any atom is -0.462 e. The molecule has 1 rings (SSSR count). The number of benzene rings is 1. The van der Waals surface area contributed by atoms with Crippen LogP contribution < -0.4 is 5.73 Å². The van der Waals surface area contributed by atoms with Gasteiger partial charge in [0.2, 0.25) is 0 Å². The van der Waals surface area contributed by atoms with Gasteiger partial charge in [-0.05, 0) is 25.1 Å². The van der Waals surface area contributed by atoms with E-state index in [0.29, 0.717) is 0 Å². The number of hydrogen-bond donors (Lipinski definition) is 1. The van der Waals surface area contributed by atoms with Crippen molar-refractivity contribution in [2.24, 2.45) is 0 Å². The summed E-state index contributed by atoms with van der Waals surface area (Å²) >= 11 is 0. The van der Waals surface area contributed by atoms with Crippen LogP contribution in [0.1, 0.15) is 17.3 Å². The Hall–Kier alpha value is -1.27. The van der Waals surface area contributed by atoms with Gasteiger partial charge in [0, 0.05) is 10.7 Å². The van der Waals surface area contributed by atoms with Crippen LogP contribution in [0.25, 0.3) is 0 Å². The quantitative estimate of drug-likeness (QED) is 0.506. The van der Waals surface area contributed by atoms with Gasteiger partial charge >= 0.3 is 5.97 Å². The van der Waals surface area contributed by atoms with Crippen LogP contribution in [-0.4, -0.2) is 21.0 Å². The predicted octanol–water partition coefficient (Wildman–Crippen LogP) is 1.37. The molecular weight excluding hydrogens is 254 g/mol. The summed E-state index contributed by atoms with van der Waals surface area (Å²) < 4.78 is 26.8. The number of nitrogen functional groups attached to an aromatic ring is 1. The first-order valence-corrected chi connectivity index (χ1v) is 6.68. The lowest BCUT2D eigenvalue weighted by atomic mass is 10.2. The van der Waals surface area contributed by atoms with Crippen molar-refractivity contribution >= 4 is 31.4 Å². The molecule has 88 valence electrons. The fraction of sp³-hybridized carbons (Fsp3) is 0.222. The van der Waals surface area contributed by atoms with Gasteiger partial charge in [0.05, 0.1) is 17.9 Å². The summed E-state index contributed by atoms with van der Waals surface area (Å²) in [6.45, 7) is 1.90. The molecule has 0 spiro atoms. The van der Waals surface area contributed by atoms with Gasteiger partial charge in [-0.2, -0.15) is 0 Å². The highest BCUT2D eigenvalue weighted by Crippen LogP contribution is 2.23. The number of halogens is 1. The van der Waals surface area contributed by atoms with E-state index in [1.165, 1.54) is 18.2 Å². The molecule has 0 aliphatic heterocycles. The number of rotatable bonds is 3. The Bertz CT molecular complexity index is 512. The lowest BCUT2D eigenvalue weighted by molar-refractivity contribution is 0.0526. The zero-order valence-corrected chi connectivity index (χ0v) is 10.0. The van der Waals surface area contributed by atoms with Crippen LogP contribution in [0.5, 0.6) is 0 Å². The Kier molecular flexibility index (Phi) is 3.77. The highest BCUT2D eigenvalue weighted by molar-refractivity contribution is 8.13. The van der Waals surface area contributed by atoms with E-state index in [-0.39, 0.29) is 22.8 Å². The first kappa shape index (κ1) is 12.8. The molecule has 0 aliphatic carbocycles. The largest absolute Gasteiger partial charge is 0.462 e. The molecule has 0 saturated heterocycles. The number of carbonyl (C=O) groups is 1. The van der Waals surface area contributed by atoms with Crippen LogP contribution in [-0.2, 0) is 13.8 Å². The summed E-state index contributed by atoms with van der Waals surface area (Å²) in [5.74, 6) is -0.562. The van der Waals surface area contributed by atoms with E-state index >= 15 is 0 Å². The van der Waals surface area contributed by atoms with Crippen molar-refractivity contribution in [3.8, 4) is 0 Å². The highest BCUT2D eigenvalue weighted by Gasteiger charge is 2.16. The van der Waals surface area contributed by atoms with Crippen molar-refractivity contribution in [3.63, 3.8) is 0 Å². The van der Waals surface area contributed by atoms with Crippen LogP contribution in [0.2, 0.25) is 0 Å². The maximum absolute atomic E-state index is 11.3. The topological polar surface area (TPSA) is 86.5 Å². The van der Waals surface area contributed by atoms with Crippen LogP contribution >= 0.6 is 10.7 Å². The molecule has 7 heteroatoms. The van der Waals surface area contributed by atoms with E-state index in [1.807, 2.05) is 0 Å². The van der Waals surface area contributed by atoms with Crippen LogP contribution in [0, 0.1) is 0 Å². The van der Waals surface area contributed by atoms with Crippen molar-refractivity contribution in [1.29, 1.82) is 0 Å². The highest BCUT2D eigenvalue weighted by atomic mass is 35.7. The third-order valence-corrected chi connectivity index (χ3v) is 3.18. The number of ether oxygens (including phenoxy) is 1. The molecule has 0 atom stereocenters. The molecular formula is C9H10ClNO4S. The maximum Gasteiger partial charge on any atom is 0.338 e. The summed E-state index contributed by atoms with van der Waals surface area (Å²) in [6.07, 6.45) is 0. The van der Waals surface area contributed by atoms with Crippen LogP contribution in [0.3, 0.4) is 0 Å². The Morgan fingerprint density at radius 2 is 2.12 bits per heavy atom. The van der Waals surface area contributed by atoms with E-state index in [4.69, 9.17) is 21.2 Å². The lowest BCUT2D eigenvalue weighted by Gasteiger charge is -2.05. The van der Waals surface area contributed by atoms with E-state index in [9.17, 15) is 13.2 Å². The van der Waals surface area contributed by atoms with Gasteiger partial charge in [-0.3, -0.25) is 0 Å². The van der Waals surface area contributed by atoms with Crippen LogP contribution in [0.15, 0.2) is 23.1 Å². The minimum atomic E-state index is -3.89. The molecule has 0 fully saturated rings. The summed E-state index contributed by atoms with van der Waals surface area (Å²) in [7, 11) is 1.24. The second-order valence-corrected chi connectivity index (χ2v) is 5.45. The van der Waals surface area contributed by atoms with E-state index in [1.54, 1.807) is 6.92 Å². The molecule has 0 unspecified atom stereocenters. The average Bonchev–Trinajstić information content (AvgIpc) is 2.16. The standard InChI is InChI=1S/C9H10ClNO4S/c1-2-15-9(12)6-3-4-8(7(11)5-6)16(10,13)14/h3-5H,2,11H2,1H3. The molecule has 0 radical (unpaired) electrons. The normalized spacial score (nSPS) is 11.1. The molecule has 0 aromatic heterocycles. The van der Waals surface area contributed by atoms with Crippen LogP contribution in [0.4, 0.5) is 5.69 Å². The van der Waals surface area contributed by atoms with Gasteiger partial charge in [-0.15, -0.1) is 0 Å². The molecule has 5 nitrogen and oxygen atoms in total. The molecule has 1 aromatic carbocycles. The Morgan fingerprint density at radius 1 is 1.50 bits per heavy atom. The zero-order chi connectivity index (χ0) is 12.3. The third-order valence-electron chi connectivity index (χ3n) is 1.78. The summed E-state index contributed by atoms with van der Waals surface area (Å²) in [5.41, 5.74) is 5.57. The zero-order valence-electron chi connectivity index (χ0n) is 8.44. The third kappa shape index (κ3) is 2.86. The summed E-state index contributed by atoms with van der Waals surface area (Å²) in [4.78, 5) is 11.1. The van der Waals surface area contributed by atoms with E-state index < -0.39 is 15.0 Å². The van der Waals surface area contributed by atoms with Crippen molar-refractivity contribution in [1.82, 2.24) is 0 Å². The van der Waals surface area contributed by atoms with Gasteiger partial charge in [0.25, 0.3) is 9.05 Å². The summed E-state index contributed by atoms with van der Waals surface area (Å²) in [6, 6.07) is 3.68. The molecule has 0 bridgehead atoms. The second-order valence-electron chi connectivity index (χ2n) is 2.91. The monoisotopic (exact) mass is 263 g/mol. The second kappa shape index (κ2) is 4.71. The maximum atomic E-state index is 11.3. The average molecular weight is 264 g/mol. The lowest BCUT2D eigenvalue weighted by Crippen LogP contribution is -2.07. The number of carbonyl (C=O) groups excluding carboxylic acids is 1. The van der Waals surface area contributed by atoms with Crippen molar-refractivity contribution < 1.29 is 17.9 Å². The van der Waals surface area contributed by atoms with Crippen molar-refractivity contribution in [2.75, 3.05) is 12.3 Å². The summed E-state index contributed by atoms with van der Waals surface area (Å²) in [5, 5.41) is 0. The molecule has 0 heterocycles. The predicted molar refractivity (Wildman–Crippen MR) is 59.8 cm³/mol. The number of esters is 1. The molecule has 2 N–H and O–H groups in total. The van der Waals surface area contributed by atoms with Gasteiger partial charge in [-0.25, -0.2) is 13.2 Å². The SMILES string of the molecule is CCOC(=O)c1ccc(S(=O)(=O)Cl)c(N)c1. The fourth-order valence-corrected chi connectivity index (χ4v) is 2.10. The van der Waals surface area contributed by atoms with Crippen molar-refractivity contribution in [3.05, 3.63) is 23.8 Å². The molecule has 0 aliphatic rings. The molecule has 16 heavy (non-hydrogen) atoms. The molecule has 1 aromatic rings. The van der Waals surface area contributed by atoms with Gasteiger partial charge in [-0.1, -0.05) is 0 Å². The van der Waals surface area contributed by atoms with Gasteiger partial charge in [0.1, 0.15) is 4.90 Å². The number of nitrogens with two attached hydrogens (primary N) is 1. The molecule has 0 saturated carbocycles. The minimum absolute atomic E-state index is 0.0828. The van der Waals surface area contributed by atoms with Gasteiger partial charge in [0.15, 0.2) is 0 Å². The molecule has 0 amide bonds.